The summed E-state index contributed by atoms with van der Waals surface area (Å²) in [5.74, 6) is -3.37. The maximum atomic E-state index is 13.1. The Labute approximate surface area is 298 Å². The number of carbonyl (C=O) groups excluding carboxylic acids is 5. The minimum atomic E-state index is -1.26. The van der Waals surface area contributed by atoms with Gasteiger partial charge in [0.25, 0.3) is 0 Å². The van der Waals surface area contributed by atoms with Crippen LogP contribution in [-0.4, -0.2) is 84.3 Å². The molecule has 0 heterocycles. The van der Waals surface area contributed by atoms with Gasteiger partial charge in [-0.15, -0.1) is 0 Å². The summed E-state index contributed by atoms with van der Waals surface area (Å²) >= 11 is 0. The first-order valence-electron chi connectivity index (χ1n) is 16.9. The quantitative estimate of drug-likeness (QED) is 0.103. The first kappa shape index (κ1) is 39.9. The molecule has 2 atom stereocenters. The molecule has 0 saturated carbocycles. The van der Waals surface area contributed by atoms with Crippen LogP contribution in [0.1, 0.15) is 43.9 Å². The number of carboxylic acid groups (broad SMARTS) is 1. The third-order valence-electron chi connectivity index (χ3n) is 7.98. The summed E-state index contributed by atoms with van der Waals surface area (Å²) in [4.78, 5) is 74.7. The van der Waals surface area contributed by atoms with Crippen molar-refractivity contribution in [3.63, 3.8) is 0 Å². The van der Waals surface area contributed by atoms with Crippen molar-refractivity contribution in [2.45, 2.75) is 52.7 Å². The Hall–Kier alpha value is -5.56. The van der Waals surface area contributed by atoms with Crippen LogP contribution in [0.15, 0.2) is 78.9 Å². The van der Waals surface area contributed by atoms with Crippen LogP contribution in [0.4, 0.5) is 0 Å². The van der Waals surface area contributed by atoms with Gasteiger partial charge in [-0.25, -0.2) is 0 Å². The highest BCUT2D eigenvalue weighted by Gasteiger charge is 2.26. The van der Waals surface area contributed by atoms with Crippen LogP contribution >= 0.6 is 0 Å². The van der Waals surface area contributed by atoms with Crippen LogP contribution in [0.25, 0.3) is 11.1 Å². The molecule has 0 aliphatic rings. The van der Waals surface area contributed by atoms with Crippen molar-refractivity contribution in [2.75, 3.05) is 32.7 Å². The average molecular weight is 701 g/mol. The summed E-state index contributed by atoms with van der Waals surface area (Å²) in [6.45, 7) is 6.48. The molecular formula is C38H48N6O7. The number of aliphatic carboxylic acids is 1. The van der Waals surface area contributed by atoms with E-state index < -0.39 is 36.2 Å². The summed E-state index contributed by atoms with van der Waals surface area (Å²) in [5.41, 5.74) is 4.57. The molecule has 0 unspecified atom stereocenters. The molecule has 272 valence electrons. The Bertz CT molecular complexity index is 1610. The number of carbonyl (C=O) groups is 6. The smallest absolute Gasteiger partial charge is 0.305 e. The lowest BCUT2D eigenvalue weighted by Crippen LogP contribution is -2.49. The van der Waals surface area contributed by atoms with E-state index in [0.717, 1.165) is 27.8 Å². The number of amides is 5. The molecule has 51 heavy (non-hydrogen) atoms. The van der Waals surface area contributed by atoms with Crippen LogP contribution in [0.3, 0.4) is 0 Å². The van der Waals surface area contributed by atoms with Crippen molar-refractivity contribution in [1.82, 2.24) is 31.5 Å². The second-order valence-electron chi connectivity index (χ2n) is 12.4. The molecule has 0 saturated heterocycles. The number of rotatable bonds is 20. The summed E-state index contributed by atoms with van der Waals surface area (Å²) in [6, 6.07) is 23.7. The fraction of sp³-hybridized carbons (Fsp3) is 0.368. The van der Waals surface area contributed by atoms with Crippen LogP contribution in [0.5, 0.6) is 0 Å². The Kier molecular flexibility index (Phi) is 16.3. The lowest BCUT2D eigenvalue weighted by molar-refractivity contribution is -0.141. The van der Waals surface area contributed by atoms with E-state index in [9.17, 15) is 33.9 Å². The van der Waals surface area contributed by atoms with Crippen molar-refractivity contribution in [3.05, 3.63) is 95.6 Å². The van der Waals surface area contributed by atoms with Gasteiger partial charge in [0.1, 0.15) is 6.04 Å². The molecule has 6 N–H and O–H groups in total. The lowest BCUT2D eigenvalue weighted by Gasteiger charge is -2.22. The van der Waals surface area contributed by atoms with E-state index in [1.165, 1.54) is 13.8 Å². The number of nitrogens with zero attached hydrogens (tertiary/aromatic N) is 1. The van der Waals surface area contributed by atoms with Gasteiger partial charge in [0.15, 0.2) is 0 Å². The van der Waals surface area contributed by atoms with Crippen molar-refractivity contribution in [1.29, 1.82) is 0 Å². The number of hydrogen-bond donors (Lipinski definition) is 6. The van der Waals surface area contributed by atoms with Crippen LogP contribution in [-0.2, 0) is 48.3 Å². The van der Waals surface area contributed by atoms with E-state index in [-0.39, 0.29) is 37.4 Å². The van der Waals surface area contributed by atoms with Gasteiger partial charge >= 0.3 is 5.97 Å². The second-order valence-corrected chi connectivity index (χ2v) is 12.4. The normalized spacial score (nSPS) is 11.9. The average Bonchev–Trinajstić information content (AvgIpc) is 3.09. The van der Waals surface area contributed by atoms with Crippen LogP contribution in [0, 0.1) is 5.92 Å². The molecule has 0 bridgehead atoms. The number of nitrogens with one attached hydrogen (secondary N) is 5. The Morgan fingerprint density at radius 2 is 1.24 bits per heavy atom. The van der Waals surface area contributed by atoms with E-state index in [1.54, 1.807) is 19.1 Å². The topological polar surface area (TPSA) is 186 Å². The molecule has 0 aliphatic heterocycles. The van der Waals surface area contributed by atoms with E-state index in [1.807, 2.05) is 71.6 Å². The SMILES string of the molecule is CC(=O)NCCN(CCNC(C)=O)CC(=O)NCc1cccc(CNC(=O)[C@H](CC(=O)O)NC(=O)[C@@H](C)Cc2ccc(-c3ccccc3)cc2)c1. The lowest BCUT2D eigenvalue weighted by atomic mass is 9.97. The molecule has 0 radical (unpaired) electrons. The molecule has 13 heteroatoms. The summed E-state index contributed by atoms with van der Waals surface area (Å²) < 4.78 is 0. The summed E-state index contributed by atoms with van der Waals surface area (Å²) in [6.07, 6.45) is -0.160. The van der Waals surface area contributed by atoms with Gasteiger partial charge in [0, 0.05) is 59.0 Å². The van der Waals surface area contributed by atoms with E-state index >= 15 is 0 Å². The van der Waals surface area contributed by atoms with Gasteiger partial charge in [-0.1, -0.05) is 85.8 Å². The highest BCUT2D eigenvalue weighted by Crippen LogP contribution is 2.20. The first-order chi connectivity index (χ1) is 24.4. The van der Waals surface area contributed by atoms with Gasteiger partial charge < -0.3 is 31.7 Å². The zero-order valence-corrected chi connectivity index (χ0v) is 29.4. The Balaban J connectivity index is 1.50. The molecule has 3 aromatic rings. The third kappa shape index (κ3) is 15.3. The molecular weight excluding hydrogens is 652 g/mol. The third-order valence-corrected chi connectivity index (χ3v) is 7.98. The molecule has 13 nitrogen and oxygen atoms in total. The minimum Gasteiger partial charge on any atom is -0.481 e. The van der Waals surface area contributed by atoms with Crippen molar-refractivity contribution in [2.24, 2.45) is 5.92 Å². The maximum absolute atomic E-state index is 13.1. The highest BCUT2D eigenvalue weighted by molar-refractivity contribution is 5.91. The van der Waals surface area contributed by atoms with Crippen LogP contribution in [0.2, 0.25) is 0 Å². The Morgan fingerprint density at radius 1 is 0.667 bits per heavy atom. The van der Waals surface area contributed by atoms with Gasteiger partial charge in [-0.2, -0.15) is 0 Å². The summed E-state index contributed by atoms with van der Waals surface area (Å²) in [7, 11) is 0. The largest absolute Gasteiger partial charge is 0.481 e. The zero-order chi connectivity index (χ0) is 37.2. The monoisotopic (exact) mass is 700 g/mol. The molecule has 3 rings (SSSR count). The molecule has 0 aliphatic carbocycles. The van der Waals surface area contributed by atoms with Crippen LogP contribution < -0.4 is 26.6 Å². The standard InChI is InChI=1S/C38H48N6O7/c1-26(20-29-12-14-33(15-13-29)32-10-5-4-6-11-32)37(50)43-34(22-36(48)49)38(51)42-24-31-9-7-8-30(21-31)23-41-35(47)25-44(18-16-39-27(2)45)19-17-40-28(3)46/h4-15,21,26,34H,16-20,22-25H2,1-3H3,(H,39,45)(H,40,46)(H,41,47)(H,42,51)(H,43,50)(H,48,49)/t26-,34-/m0/s1. The Morgan fingerprint density at radius 3 is 1.80 bits per heavy atom. The predicted octanol–water partition coefficient (Wildman–Crippen LogP) is 2.00. The van der Waals surface area contributed by atoms with Crippen molar-refractivity contribution in [3.8, 4) is 11.1 Å². The van der Waals surface area contributed by atoms with E-state index in [0.29, 0.717) is 32.6 Å². The second kappa shape index (κ2) is 20.8. The fourth-order valence-electron chi connectivity index (χ4n) is 5.28. The van der Waals surface area contributed by atoms with Crippen molar-refractivity contribution >= 4 is 35.5 Å². The molecule has 3 aromatic carbocycles. The molecule has 5 amide bonds. The van der Waals surface area contributed by atoms with Gasteiger partial charge in [-0.3, -0.25) is 33.7 Å². The van der Waals surface area contributed by atoms with E-state index in [4.69, 9.17) is 0 Å². The molecule has 0 fully saturated rings. The van der Waals surface area contributed by atoms with E-state index in [2.05, 4.69) is 26.6 Å². The molecule has 0 aromatic heterocycles. The first-order valence-corrected chi connectivity index (χ1v) is 16.9. The maximum Gasteiger partial charge on any atom is 0.305 e. The number of carboxylic acids is 1. The zero-order valence-electron chi connectivity index (χ0n) is 29.4. The fourth-order valence-corrected chi connectivity index (χ4v) is 5.28. The number of hydrogen-bond acceptors (Lipinski definition) is 7. The predicted molar refractivity (Wildman–Crippen MR) is 193 cm³/mol. The van der Waals surface area contributed by atoms with Crippen molar-refractivity contribution < 1.29 is 33.9 Å². The minimum absolute atomic E-state index is 0.0603. The van der Waals surface area contributed by atoms with Gasteiger partial charge in [0.05, 0.1) is 13.0 Å². The van der Waals surface area contributed by atoms with Gasteiger partial charge in [0.2, 0.25) is 29.5 Å². The summed E-state index contributed by atoms with van der Waals surface area (Å²) in [5, 5.41) is 23.0. The highest BCUT2D eigenvalue weighted by atomic mass is 16.4. The molecule has 0 spiro atoms. The number of benzene rings is 3. The van der Waals surface area contributed by atoms with Gasteiger partial charge in [-0.05, 0) is 34.2 Å².